The van der Waals surface area contributed by atoms with Crippen molar-refractivity contribution in [3.8, 4) is 17.2 Å². The number of nitro groups is 1. The van der Waals surface area contributed by atoms with Crippen molar-refractivity contribution in [1.82, 2.24) is 0 Å². The number of fused-ring (bicyclic) bond motifs is 1. The first-order valence-corrected chi connectivity index (χ1v) is 11.2. The molecule has 4 rings (SSSR count). The smallest absolute Gasteiger partial charge is 0.338 e. The number of hydrogen-bond acceptors (Lipinski definition) is 8. The number of nitriles is 1. The Morgan fingerprint density at radius 1 is 1.09 bits per heavy atom. The fourth-order valence-corrected chi connectivity index (χ4v) is 4.33. The van der Waals surface area contributed by atoms with E-state index in [9.17, 15) is 33.1 Å². The molecule has 0 unspecified atom stereocenters. The number of anilines is 1. The summed E-state index contributed by atoms with van der Waals surface area (Å²) in [5, 5.41) is 24.3. The maximum atomic E-state index is 12.0. The summed E-state index contributed by atoms with van der Waals surface area (Å²) < 4.78 is 38.8. The van der Waals surface area contributed by atoms with Crippen molar-refractivity contribution in [3.05, 3.63) is 98.4 Å². The SMILES string of the molecule is N#Cc1c(CNc2cc(=O)oc3ccc([N+](=O)[O-])cc23)ccc(S(=O)(=O)O)c1-c1ccccc1. The van der Waals surface area contributed by atoms with E-state index >= 15 is 0 Å². The van der Waals surface area contributed by atoms with Crippen LogP contribution in [0.4, 0.5) is 11.4 Å². The molecular formula is C23H15N3O7S. The van der Waals surface area contributed by atoms with Crippen molar-refractivity contribution in [2.45, 2.75) is 11.4 Å². The van der Waals surface area contributed by atoms with Crippen molar-refractivity contribution >= 4 is 32.5 Å². The first kappa shape index (κ1) is 22.7. The second-order valence-corrected chi connectivity index (χ2v) is 8.59. The molecule has 0 fully saturated rings. The summed E-state index contributed by atoms with van der Waals surface area (Å²) in [6, 6.07) is 17.7. The number of hydrogen-bond donors (Lipinski definition) is 2. The average molecular weight is 477 g/mol. The molecule has 1 aromatic heterocycles. The summed E-state index contributed by atoms with van der Waals surface area (Å²) in [7, 11) is -4.63. The molecular weight excluding hydrogens is 462 g/mol. The molecule has 0 bridgehead atoms. The molecule has 170 valence electrons. The third-order valence-corrected chi connectivity index (χ3v) is 6.01. The van der Waals surface area contributed by atoms with Crippen LogP contribution in [0.2, 0.25) is 0 Å². The molecule has 0 aliphatic carbocycles. The summed E-state index contributed by atoms with van der Waals surface area (Å²) in [6.45, 7) is -0.0320. The van der Waals surface area contributed by atoms with Gasteiger partial charge in [0.15, 0.2) is 0 Å². The molecule has 2 N–H and O–H groups in total. The Morgan fingerprint density at radius 2 is 1.82 bits per heavy atom. The summed E-state index contributed by atoms with van der Waals surface area (Å²) in [4.78, 5) is 22.1. The fourth-order valence-electron chi connectivity index (χ4n) is 3.61. The summed E-state index contributed by atoms with van der Waals surface area (Å²) >= 11 is 0. The van der Waals surface area contributed by atoms with E-state index in [2.05, 4.69) is 5.32 Å². The second-order valence-electron chi connectivity index (χ2n) is 7.20. The van der Waals surface area contributed by atoms with Crippen molar-refractivity contribution in [3.63, 3.8) is 0 Å². The second kappa shape index (κ2) is 8.78. The Kier molecular flexibility index (Phi) is 5.85. The van der Waals surface area contributed by atoms with Crippen LogP contribution in [0.15, 0.2) is 80.8 Å². The van der Waals surface area contributed by atoms with Crippen LogP contribution in [-0.2, 0) is 16.7 Å². The largest absolute Gasteiger partial charge is 0.423 e. The monoisotopic (exact) mass is 477 g/mol. The highest BCUT2D eigenvalue weighted by Gasteiger charge is 2.22. The Bertz CT molecular complexity index is 1640. The molecule has 0 atom stereocenters. The minimum Gasteiger partial charge on any atom is -0.423 e. The molecule has 0 aliphatic heterocycles. The van der Waals surface area contributed by atoms with Gasteiger partial charge in [-0.05, 0) is 23.3 Å². The number of nitrogens with zero attached hydrogens (tertiary/aromatic N) is 2. The highest BCUT2D eigenvalue weighted by atomic mass is 32.2. The van der Waals surface area contributed by atoms with Crippen molar-refractivity contribution in [2.24, 2.45) is 0 Å². The maximum Gasteiger partial charge on any atom is 0.338 e. The predicted molar refractivity (Wildman–Crippen MR) is 123 cm³/mol. The minimum atomic E-state index is -4.63. The molecule has 34 heavy (non-hydrogen) atoms. The van der Waals surface area contributed by atoms with Gasteiger partial charge in [0.25, 0.3) is 15.8 Å². The van der Waals surface area contributed by atoms with Gasteiger partial charge >= 0.3 is 5.63 Å². The molecule has 4 aromatic rings. The number of benzene rings is 3. The predicted octanol–water partition coefficient (Wildman–Crippen LogP) is 4.10. The Hall–Kier alpha value is -4.53. The molecule has 0 aliphatic rings. The Labute approximate surface area is 192 Å². The first-order chi connectivity index (χ1) is 16.2. The fraction of sp³-hybridized carbons (Fsp3) is 0.0435. The zero-order chi connectivity index (χ0) is 24.5. The molecule has 0 radical (unpaired) electrons. The van der Waals surface area contributed by atoms with Crippen molar-refractivity contribution < 1.29 is 22.3 Å². The number of nitro benzene ring substituents is 1. The van der Waals surface area contributed by atoms with Gasteiger partial charge in [0.1, 0.15) is 16.5 Å². The van der Waals surface area contributed by atoms with Crippen LogP contribution < -0.4 is 10.9 Å². The summed E-state index contributed by atoms with van der Waals surface area (Å²) in [5.41, 5.74) is 0.314. The summed E-state index contributed by atoms with van der Waals surface area (Å²) in [5.74, 6) is 0. The van der Waals surface area contributed by atoms with E-state index in [-0.39, 0.29) is 40.0 Å². The molecule has 11 heteroatoms. The molecule has 0 amide bonds. The highest BCUT2D eigenvalue weighted by Crippen LogP contribution is 2.33. The van der Waals surface area contributed by atoms with Crippen LogP contribution in [-0.4, -0.2) is 17.9 Å². The summed E-state index contributed by atoms with van der Waals surface area (Å²) in [6.07, 6.45) is 0. The average Bonchev–Trinajstić information content (AvgIpc) is 2.81. The molecule has 0 saturated carbocycles. The van der Waals surface area contributed by atoms with E-state index in [1.807, 2.05) is 6.07 Å². The normalized spacial score (nSPS) is 11.2. The van der Waals surface area contributed by atoms with Gasteiger partial charge in [0.05, 0.1) is 16.2 Å². The van der Waals surface area contributed by atoms with Gasteiger partial charge in [-0.3, -0.25) is 14.7 Å². The molecule has 3 aromatic carbocycles. The van der Waals surface area contributed by atoms with E-state index in [0.717, 1.165) is 6.07 Å². The highest BCUT2D eigenvalue weighted by molar-refractivity contribution is 7.86. The van der Waals surface area contributed by atoms with Crippen LogP contribution in [0.5, 0.6) is 0 Å². The van der Waals surface area contributed by atoms with Crippen LogP contribution in [0.1, 0.15) is 11.1 Å². The van der Waals surface area contributed by atoms with Gasteiger partial charge in [0, 0.05) is 35.7 Å². The Balaban J connectivity index is 1.83. The number of rotatable bonds is 6. The van der Waals surface area contributed by atoms with Crippen LogP contribution in [0, 0.1) is 21.4 Å². The van der Waals surface area contributed by atoms with Crippen LogP contribution in [0.3, 0.4) is 0 Å². The standard InChI is InChI=1S/C23H15N3O7S/c24-12-18-15(6-9-21(34(30,31)32)23(18)14-4-2-1-3-5-14)13-25-19-11-22(27)33-20-8-7-16(26(28)29)10-17(19)20/h1-11,25H,13H2,(H,30,31,32). The lowest BCUT2D eigenvalue weighted by molar-refractivity contribution is -0.384. The quantitative estimate of drug-likeness (QED) is 0.180. The third-order valence-electron chi connectivity index (χ3n) is 5.11. The van der Waals surface area contributed by atoms with E-state index in [0.29, 0.717) is 11.1 Å². The lowest BCUT2D eigenvalue weighted by Crippen LogP contribution is -2.09. The lowest BCUT2D eigenvalue weighted by Gasteiger charge is -2.15. The van der Waals surface area contributed by atoms with Crippen molar-refractivity contribution in [2.75, 3.05) is 5.32 Å². The van der Waals surface area contributed by atoms with Gasteiger partial charge in [-0.15, -0.1) is 0 Å². The van der Waals surface area contributed by atoms with E-state index in [1.54, 1.807) is 30.3 Å². The minimum absolute atomic E-state index is 0.00655. The molecule has 0 saturated heterocycles. The number of nitrogens with one attached hydrogen (secondary N) is 1. The molecule has 10 nitrogen and oxygen atoms in total. The number of non-ortho nitro benzene ring substituents is 1. The van der Waals surface area contributed by atoms with Gasteiger partial charge < -0.3 is 9.73 Å². The van der Waals surface area contributed by atoms with Crippen molar-refractivity contribution in [1.29, 1.82) is 5.26 Å². The van der Waals surface area contributed by atoms with Crippen LogP contribution in [0.25, 0.3) is 22.1 Å². The Morgan fingerprint density at radius 3 is 2.47 bits per heavy atom. The van der Waals surface area contributed by atoms with E-state index in [4.69, 9.17) is 4.42 Å². The van der Waals surface area contributed by atoms with E-state index < -0.39 is 25.6 Å². The zero-order valence-corrected chi connectivity index (χ0v) is 18.1. The maximum absolute atomic E-state index is 12.0. The first-order valence-electron chi connectivity index (χ1n) is 9.74. The van der Waals surface area contributed by atoms with Gasteiger partial charge in [-0.1, -0.05) is 36.4 Å². The lowest BCUT2D eigenvalue weighted by atomic mass is 9.96. The zero-order valence-electron chi connectivity index (χ0n) is 17.3. The third kappa shape index (κ3) is 4.36. The van der Waals surface area contributed by atoms with E-state index in [1.165, 1.54) is 30.3 Å². The van der Waals surface area contributed by atoms with Crippen LogP contribution >= 0.6 is 0 Å². The molecule has 1 heterocycles. The van der Waals surface area contributed by atoms with Gasteiger partial charge in [0.2, 0.25) is 0 Å². The molecule has 0 spiro atoms. The van der Waals surface area contributed by atoms with Gasteiger partial charge in [-0.25, -0.2) is 4.79 Å². The van der Waals surface area contributed by atoms with Gasteiger partial charge in [-0.2, -0.15) is 13.7 Å². The topological polar surface area (TPSA) is 164 Å².